The molecule has 0 aliphatic rings. The molecule has 118 valence electrons. The fraction of sp³-hybridized carbons (Fsp3) is 0.471. The SMILES string of the molecule is CCc1ncnc(NC(CC(C)(C)C)c2cccnc2)c1F. The van der Waals surface area contributed by atoms with Gasteiger partial charge < -0.3 is 5.32 Å². The van der Waals surface area contributed by atoms with Crippen LogP contribution in [0.4, 0.5) is 10.2 Å². The number of nitrogens with zero attached hydrogens (tertiary/aromatic N) is 3. The van der Waals surface area contributed by atoms with Crippen LogP contribution in [0.5, 0.6) is 0 Å². The van der Waals surface area contributed by atoms with Crippen LogP contribution in [0.2, 0.25) is 0 Å². The molecular weight excluding hydrogens is 279 g/mol. The molecule has 0 saturated heterocycles. The van der Waals surface area contributed by atoms with E-state index in [1.807, 2.05) is 25.3 Å². The van der Waals surface area contributed by atoms with E-state index in [1.165, 1.54) is 6.33 Å². The van der Waals surface area contributed by atoms with Crippen LogP contribution in [0.15, 0.2) is 30.9 Å². The minimum absolute atomic E-state index is 0.0530. The predicted octanol–water partition coefficient (Wildman–Crippen LogP) is 4.16. The van der Waals surface area contributed by atoms with Crippen LogP contribution in [0.25, 0.3) is 0 Å². The molecule has 4 nitrogen and oxygen atoms in total. The molecule has 0 fully saturated rings. The van der Waals surface area contributed by atoms with E-state index in [-0.39, 0.29) is 23.1 Å². The molecule has 2 aromatic rings. The maximum absolute atomic E-state index is 14.4. The van der Waals surface area contributed by atoms with Crippen molar-refractivity contribution in [2.45, 2.75) is 46.6 Å². The fourth-order valence-electron chi connectivity index (χ4n) is 2.37. The Labute approximate surface area is 131 Å². The highest BCUT2D eigenvalue weighted by molar-refractivity contribution is 5.40. The molecule has 0 spiro atoms. The summed E-state index contributed by atoms with van der Waals surface area (Å²) in [6.07, 6.45) is 6.33. The van der Waals surface area contributed by atoms with Crippen molar-refractivity contribution in [3.05, 3.63) is 47.9 Å². The molecule has 22 heavy (non-hydrogen) atoms. The first kappa shape index (κ1) is 16.3. The Hall–Kier alpha value is -2.04. The Kier molecular flexibility index (Phi) is 5.06. The van der Waals surface area contributed by atoms with E-state index in [2.05, 4.69) is 41.0 Å². The van der Waals surface area contributed by atoms with Crippen molar-refractivity contribution < 1.29 is 4.39 Å². The summed E-state index contributed by atoms with van der Waals surface area (Å²) in [5.41, 5.74) is 1.54. The molecule has 0 radical (unpaired) electrons. The molecule has 2 rings (SSSR count). The summed E-state index contributed by atoms with van der Waals surface area (Å²) in [5, 5.41) is 3.23. The summed E-state index contributed by atoms with van der Waals surface area (Å²) >= 11 is 0. The number of anilines is 1. The van der Waals surface area contributed by atoms with Crippen LogP contribution in [0.3, 0.4) is 0 Å². The summed E-state index contributed by atoms with van der Waals surface area (Å²) < 4.78 is 14.4. The summed E-state index contributed by atoms with van der Waals surface area (Å²) in [6, 6.07) is 3.83. The van der Waals surface area contributed by atoms with Gasteiger partial charge in [-0.25, -0.2) is 14.4 Å². The first-order valence-corrected chi connectivity index (χ1v) is 7.56. The first-order valence-electron chi connectivity index (χ1n) is 7.56. The number of rotatable bonds is 5. The average Bonchev–Trinajstić information content (AvgIpc) is 2.48. The van der Waals surface area contributed by atoms with Crippen molar-refractivity contribution in [3.8, 4) is 0 Å². The largest absolute Gasteiger partial charge is 0.361 e. The second-order valence-corrected chi connectivity index (χ2v) is 6.58. The minimum atomic E-state index is -0.368. The Morgan fingerprint density at radius 2 is 2.05 bits per heavy atom. The summed E-state index contributed by atoms with van der Waals surface area (Å²) in [5.74, 6) is -0.113. The third-order valence-electron chi connectivity index (χ3n) is 3.41. The van der Waals surface area contributed by atoms with Crippen LogP contribution >= 0.6 is 0 Å². The van der Waals surface area contributed by atoms with Gasteiger partial charge in [-0.05, 0) is 29.9 Å². The third kappa shape index (κ3) is 4.23. The zero-order valence-corrected chi connectivity index (χ0v) is 13.6. The second kappa shape index (κ2) is 6.81. The minimum Gasteiger partial charge on any atom is -0.361 e. The highest BCUT2D eigenvalue weighted by Crippen LogP contribution is 2.32. The maximum Gasteiger partial charge on any atom is 0.186 e. The molecule has 1 N–H and O–H groups in total. The molecule has 2 aromatic heterocycles. The summed E-state index contributed by atoms with van der Waals surface area (Å²) in [4.78, 5) is 12.2. The van der Waals surface area contributed by atoms with E-state index in [0.29, 0.717) is 12.1 Å². The van der Waals surface area contributed by atoms with E-state index < -0.39 is 0 Å². The Morgan fingerprint density at radius 3 is 2.64 bits per heavy atom. The normalized spacial score (nSPS) is 13.0. The van der Waals surface area contributed by atoms with Crippen molar-refractivity contribution in [2.24, 2.45) is 5.41 Å². The number of pyridine rings is 1. The molecular formula is C17H23FN4. The molecule has 0 aliphatic carbocycles. The van der Waals surface area contributed by atoms with Gasteiger partial charge in [-0.2, -0.15) is 0 Å². The molecule has 1 unspecified atom stereocenters. The second-order valence-electron chi connectivity index (χ2n) is 6.58. The van der Waals surface area contributed by atoms with Gasteiger partial charge in [-0.15, -0.1) is 0 Å². The van der Waals surface area contributed by atoms with Crippen molar-refractivity contribution in [2.75, 3.05) is 5.32 Å². The van der Waals surface area contributed by atoms with Gasteiger partial charge in [0.2, 0.25) is 0 Å². The lowest BCUT2D eigenvalue weighted by molar-refractivity contribution is 0.351. The average molecular weight is 302 g/mol. The predicted molar refractivity (Wildman–Crippen MR) is 86.0 cm³/mol. The quantitative estimate of drug-likeness (QED) is 0.901. The van der Waals surface area contributed by atoms with Crippen molar-refractivity contribution in [1.82, 2.24) is 15.0 Å². The van der Waals surface area contributed by atoms with Gasteiger partial charge in [-0.1, -0.05) is 33.8 Å². The van der Waals surface area contributed by atoms with E-state index in [1.54, 1.807) is 6.20 Å². The molecule has 2 heterocycles. The lowest BCUT2D eigenvalue weighted by Gasteiger charge is -2.27. The topological polar surface area (TPSA) is 50.7 Å². The highest BCUT2D eigenvalue weighted by Gasteiger charge is 2.22. The summed E-state index contributed by atoms with van der Waals surface area (Å²) in [7, 11) is 0. The molecule has 1 atom stereocenters. The van der Waals surface area contributed by atoms with Crippen LogP contribution < -0.4 is 5.32 Å². The van der Waals surface area contributed by atoms with Crippen LogP contribution in [0.1, 0.15) is 51.4 Å². The van der Waals surface area contributed by atoms with Gasteiger partial charge in [0, 0.05) is 12.4 Å². The molecule has 0 bridgehead atoms. The number of halogens is 1. The van der Waals surface area contributed by atoms with Gasteiger partial charge in [0.25, 0.3) is 0 Å². The fourth-order valence-corrected chi connectivity index (χ4v) is 2.37. The van der Waals surface area contributed by atoms with Gasteiger partial charge in [-0.3, -0.25) is 4.98 Å². The maximum atomic E-state index is 14.4. The molecule has 0 aromatic carbocycles. The van der Waals surface area contributed by atoms with Gasteiger partial charge in [0.05, 0.1) is 11.7 Å². The van der Waals surface area contributed by atoms with E-state index >= 15 is 0 Å². The molecule has 0 aliphatic heterocycles. The van der Waals surface area contributed by atoms with E-state index in [4.69, 9.17) is 0 Å². The van der Waals surface area contributed by atoms with E-state index in [9.17, 15) is 4.39 Å². The van der Waals surface area contributed by atoms with E-state index in [0.717, 1.165) is 12.0 Å². The zero-order valence-electron chi connectivity index (χ0n) is 13.6. The third-order valence-corrected chi connectivity index (χ3v) is 3.41. The number of aryl methyl sites for hydroxylation is 1. The lowest BCUT2D eigenvalue weighted by Crippen LogP contribution is -2.20. The first-order chi connectivity index (χ1) is 10.4. The van der Waals surface area contributed by atoms with Crippen LogP contribution in [-0.2, 0) is 6.42 Å². The Bertz CT molecular complexity index is 608. The lowest BCUT2D eigenvalue weighted by atomic mass is 9.86. The number of aromatic nitrogens is 3. The Balaban J connectivity index is 2.31. The van der Waals surface area contributed by atoms with Crippen LogP contribution in [0, 0.1) is 11.2 Å². The number of hydrogen-bond acceptors (Lipinski definition) is 4. The van der Waals surface area contributed by atoms with Crippen molar-refractivity contribution >= 4 is 5.82 Å². The van der Waals surface area contributed by atoms with Crippen LogP contribution in [-0.4, -0.2) is 15.0 Å². The van der Waals surface area contributed by atoms with Gasteiger partial charge >= 0.3 is 0 Å². The number of hydrogen-bond donors (Lipinski definition) is 1. The van der Waals surface area contributed by atoms with Crippen molar-refractivity contribution in [1.29, 1.82) is 0 Å². The van der Waals surface area contributed by atoms with Gasteiger partial charge in [0.15, 0.2) is 11.6 Å². The molecule has 5 heteroatoms. The smallest absolute Gasteiger partial charge is 0.186 e. The molecule has 0 saturated carbocycles. The zero-order chi connectivity index (χ0) is 16.2. The molecule has 0 amide bonds. The highest BCUT2D eigenvalue weighted by atomic mass is 19.1. The monoisotopic (exact) mass is 302 g/mol. The summed E-state index contributed by atoms with van der Waals surface area (Å²) in [6.45, 7) is 8.35. The number of nitrogens with one attached hydrogen (secondary N) is 1. The Morgan fingerprint density at radius 1 is 1.27 bits per heavy atom. The van der Waals surface area contributed by atoms with Gasteiger partial charge in [0.1, 0.15) is 6.33 Å². The van der Waals surface area contributed by atoms with Crippen molar-refractivity contribution in [3.63, 3.8) is 0 Å². The standard InChI is InChI=1S/C17H23FN4/c1-5-13-15(18)16(21-11-20-13)22-14(9-17(2,3)4)12-7-6-8-19-10-12/h6-8,10-11,14H,5,9H2,1-4H3,(H,20,21,22).